The van der Waals surface area contributed by atoms with Crippen LogP contribution in [0.15, 0.2) is 64.3 Å². The molecule has 8 heteroatoms. The molecule has 0 unspecified atom stereocenters. The molecule has 1 aliphatic heterocycles. The molecule has 0 spiro atoms. The highest BCUT2D eigenvalue weighted by atomic mass is 16.6. The number of rotatable bonds is 7. The first-order valence-electron chi connectivity index (χ1n) is 10.6. The highest BCUT2D eigenvalue weighted by Crippen LogP contribution is 2.31. The second kappa shape index (κ2) is 9.74. The first-order valence-corrected chi connectivity index (χ1v) is 10.6. The molecule has 0 aliphatic carbocycles. The molecule has 32 heavy (non-hydrogen) atoms. The third-order valence-corrected chi connectivity index (χ3v) is 5.43. The Kier molecular flexibility index (Phi) is 6.61. The Hall–Kier alpha value is -3.52. The third kappa shape index (κ3) is 4.86. The number of nitrogens with zero attached hydrogens (tertiary/aromatic N) is 5. The molecule has 1 aromatic heterocycles. The highest BCUT2D eigenvalue weighted by Gasteiger charge is 2.37. The summed E-state index contributed by atoms with van der Waals surface area (Å²) in [6, 6.07) is 17.4. The Morgan fingerprint density at radius 1 is 1.16 bits per heavy atom. The van der Waals surface area contributed by atoms with E-state index in [1.165, 1.54) is 7.11 Å². The van der Waals surface area contributed by atoms with Crippen molar-refractivity contribution >= 4 is 11.6 Å². The van der Waals surface area contributed by atoms with Crippen molar-refractivity contribution in [2.45, 2.75) is 18.9 Å². The summed E-state index contributed by atoms with van der Waals surface area (Å²) in [5.74, 6) is 0.954. The predicted molar refractivity (Wildman–Crippen MR) is 121 cm³/mol. The zero-order chi connectivity index (χ0) is 22.5. The normalized spacial score (nSPS) is 17.3. The van der Waals surface area contributed by atoms with Gasteiger partial charge >= 0.3 is 0 Å². The lowest BCUT2D eigenvalue weighted by Crippen LogP contribution is -2.31. The van der Waals surface area contributed by atoms with Gasteiger partial charge in [0.2, 0.25) is 5.89 Å². The Morgan fingerprint density at radius 3 is 2.56 bits per heavy atom. The van der Waals surface area contributed by atoms with Gasteiger partial charge in [-0.3, -0.25) is 4.79 Å². The number of amides is 1. The fourth-order valence-corrected chi connectivity index (χ4v) is 3.77. The molecule has 3 aromatic rings. The average Bonchev–Trinajstić information content (AvgIpc) is 3.45. The quantitative estimate of drug-likeness (QED) is 0.531. The molecule has 166 valence electrons. The van der Waals surface area contributed by atoms with Gasteiger partial charge in [0.25, 0.3) is 5.91 Å². The molecule has 1 atom stereocenters. The van der Waals surface area contributed by atoms with Crippen molar-refractivity contribution in [3.63, 3.8) is 0 Å². The Bertz CT molecular complexity index is 1080. The standard InChI is InChI=1S/C24H27N5O3/c1-28(2)14-13-22-25-23(27-32-22)21-15-20(26-31-3)16-29(21)24(30)19-11-9-18(10-12-19)17-7-5-4-6-8-17/h4-12,21H,13-16H2,1-3H3/t21-/m0/s1. The molecule has 0 N–H and O–H groups in total. The van der Waals surface area contributed by atoms with Crippen molar-refractivity contribution in [3.05, 3.63) is 71.9 Å². The summed E-state index contributed by atoms with van der Waals surface area (Å²) < 4.78 is 5.42. The van der Waals surface area contributed by atoms with Crippen LogP contribution < -0.4 is 0 Å². The molecular weight excluding hydrogens is 406 g/mol. The van der Waals surface area contributed by atoms with Crippen LogP contribution in [0.4, 0.5) is 0 Å². The van der Waals surface area contributed by atoms with E-state index in [1.54, 1.807) is 4.90 Å². The van der Waals surface area contributed by atoms with Crippen LogP contribution in [0.2, 0.25) is 0 Å². The Labute approximate surface area is 187 Å². The van der Waals surface area contributed by atoms with Gasteiger partial charge in [-0.1, -0.05) is 52.8 Å². The summed E-state index contributed by atoms with van der Waals surface area (Å²) in [4.78, 5) is 26.7. The first-order chi connectivity index (χ1) is 15.5. The smallest absolute Gasteiger partial charge is 0.254 e. The van der Waals surface area contributed by atoms with E-state index in [1.807, 2.05) is 68.7 Å². The molecule has 0 radical (unpaired) electrons. The van der Waals surface area contributed by atoms with E-state index in [0.717, 1.165) is 23.4 Å². The zero-order valence-electron chi connectivity index (χ0n) is 18.6. The van der Waals surface area contributed by atoms with Crippen LogP contribution in [0.25, 0.3) is 11.1 Å². The monoisotopic (exact) mass is 433 g/mol. The van der Waals surface area contributed by atoms with Gasteiger partial charge in [0.05, 0.1) is 12.3 Å². The predicted octanol–water partition coefficient (Wildman–Crippen LogP) is 3.43. The Balaban J connectivity index is 1.55. The van der Waals surface area contributed by atoms with Gasteiger partial charge in [0.15, 0.2) is 5.82 Å². The second-order valence-electron chi connectivity index (χ2n) is 8.04. The summed E-state index contributed by atoms with van der Waals surface area (Å²) in [5.41, 5.74) is 3.54. The van der Waals surface area contributed by atoms with Crippen LogP contribution in [-0.2, 0) is 11.3 Å². The van der Waals surface area contributed by atoms with Gasteiger partial charge in [-0.05, 0) is 37.4 Å². The minimum atomic E-state index is -0.345. The summed E-state index contributed by atoms with van der Waals surface area (Å²) in [6.45, 7) is 1.17. The highest BCUT2D eigenvalue weighted by molar-refractivity contribution is 6.00. The molecule has 1 amide bonds. The molecule has 1 saturated heterocycles. The number of carbonyl (C=O) groups excluding carboxylic acids is 1. The molecule has 8 nitrogen and oxygen atoms in total. The van der Waals surface area contributed by atoms with E-state index in [2.05, 4.69) is 20.2 Å². The number of carbonyl (C=O) groups is 1. The van der Waals surface area contributed by atoms with Gasteiger partial charge in [0, 0.05) is 24.9 Å². The molecule has 4 rings (SSSR count). The number of oxime groups is 1. The minimum Gasteiger partial charge on any atom is -0.399 e. The van der Waals surface area contributed by atoms with Crippen molar-refractivity contribution < 1.29 is 14.2 Å². The fraction of sp³-hybridized carbons (Fsp3) is 0.333. The van der Waals surface area contributed by atoms with Crippen molar-refractivity contribution in [1.82, 2.24) is 19.9 Å². The number of benzene rings is 2. The largest absolute Gasteiger partial charge is 0.399 e. The fourth-order valence-electron chi connectivity index (χ4n) is 3.77. The van der Waals surface area contributed by atoms with Crippen LogP contribution in [-0.4, -0.2) is 65.9 Å². The van der Waals surface area contributed by atoms with Crippen LogP contribution in [0.1, 0.15) is 34.5 Å². The lowest BCUT2D eigenvalue weighted by atomic mass is 10.0. The van der Waals surface area contributed by atoms with Gasteiger partial charge in [-0.25, -0.2) is 0 Å². The molecule has 0 saturated carbocycles. The van der Waals surface area contributed by atoms with Crippen molar-refractivity contribution in [2.24, 2.45) is 5.16 Å². The molecule has 1 fully saturated rings. The lowest BCUT2D eigenvalue weighted by Gasteiger charge is -2.21. The van der Waals surface area contributed by atoms with Gasteiger partial charge in [0.1, 0.15) is 13.2 Å². The molecular formula is C24H27N5O3. The molecule has 1 aliphatic rings. The van der Waals surface area contributed by atoms with Crippen molar-refractivity contribution in [1.29, 1.82) is 0 Å². The lowest BCUT2D eigenvalue weighted by molar-refractivity contribution is 0.0732. The summed E-state index contributed by atoms with van der Waals surface area (Å²) in [5, 5.41) is 8.23. The van der Waals surface area contributed by atoms with E-state index in [4.69, 9.17) is 9.36 Å². The maximum absolute atomic E-state index is 13.4. The van der Waals surface area contributed by atoms with Crippen LogP contribution in [0.5, 0.6) is 0 Å². The van der Waals surface area contributed by atoms with E-state index < -0.39 is 0 Å². The van der Waals surface area contributed by atoms with Gasteiger partial charge in [-0.15, -0.1) is 0 Å². The zero-order valence-corrected chi connectivity index (χ0v) is 18.6. The van der Waals surface area contributed by atoms with E-state index in [9.17, 15) is 4.79 Å². The summed E-state index contributed by atoms with van der Waals surface area (Å²) >= 11 is 0. The molecule has 2 aromatic carbocycles. The minimum absolute atomic E-state index is 0.101. The van der Waals surface area contributed by atoms with E-state index >= 15 is 0 Å². The molecule has 0 bridgehead atoms. The topological polar surface area (TPSA) is 84.1 Å². The van der Waals surface area contributed by atoms with Crippen LogP contribution in [0, 0.1) is 0 Å². The van der Waals surface area contributed by atoms with Gasteiger partial charge < -0.3 is 19.2 Å². The van der Waals surface area contributed by atoms with E-state index in [0.29, 0.717) is 36.7 Å². The first kappa shape index (κ1) is 21.7. The SMILES string of the molecule is CON=C1C[C@@H](c2noc(CCN(C)C)n2)N(C(=O)c2ccc(-c3ccccc3)cc2)C1. The Morgan fingerprint density at radius 2 is 1.88 bits per heavy atom. The van der Waals surface area contributed by atoms with Crippen molar-refractivity contribution in [2.75, 3.05) is 34.3 Å². The molecule has 2 heterocycles. The van der Waals surface area contributed by atoms with E-state index in [-0.39, 0.29) is 11.9 Å². The maximum atomic E-state index is 13.4. The third-order valence-electron chi connectivity index (χ3n) is 5.43. The second-order valence-corrected chi connectivity index (χ2v) is 8.04. The van der Waals surface area contributed by atoms with Crippen molar-refractivity contribution in [3.8, 4) is 11.1 Å². The summed E-state index contributed by atoms with van der Waals surface area (Å²) in [6.07, 6.45) is 1.16. The maximum Gasteiger partial charge on any atom is 0.254 e. The summed E-state index contributed by atoms with van der Waals surface area (Å²) in [7, 11) is 5.49. The van der Waals surface area contributed by atoms with Gasteiger partial charge in [-0.2, -0.15) is 4.98 Å². The number of aromatic nitrogens is 2. The van der Waals surface area contributed by atoms with Crippen LogP contribution >= 0.6 is 0 Å². The number of hydrogen-bond donors (Lipinski definition) is 0. The number of hydrogen-bond acceptors (Lipinski definition) is 7. The van der Waals surface area contributed by atoms with Crippen LogP contribution in [0.3, 0.4) is 0 Å². The number of likely N-dealkylation sites (N-methyl/N-ethyl adjacent to an activating group) is 1. The average molecular weight is 434 g/mol. The number of likely N-dealkylation sites (tertiary alicyclic amines) is 1.